The van der Waals surface area contributed by atoms with Crippen LogP contribution < -0.4 is 14.8 Å². The number of ether oxygens (including phenoxy) is 2. The molecule has 110 valence electrons. The molecule has 0 aliphatic carbocycles. The highest BCUT2D eigenvalue weighted by molar-refractivity contribution is 5.37. The van der Waals surface area contributed by atoms with Gasteiger partial charge in [0.05, 0.1) is 13.7 Å². The maximum absolute atomic E-state index is 5.93. The van der Waals surface area contributed by atoms with Gasteiger partial charge < -0.3 is 14.8 Å². The highest BCUT2D eigenvalue weighted by Gasteiger charge is 2.27. The molecule has 0 spiro atoms. The zero-order chi connectivity index (χ0) is 14.7. The van der Waals surface area contributed by atoms with Crippen LogP contribution in [0.5, 0.6) is 11.5 Å². The Hall–Kier alpha value is -2.00. The molecule has 0 radical (unpaired) electrons. The van der Waals surface area contributed by atoms with Crippen LogP contribution in [0.2, 0.25) is 0 Å². The molecule has 21 heavy (non-hydrogen) atoms. The van der Waals surface area contributed by atoms with Crippen molar-refractivity contribution in [2.75, 3.05) is 20.8 Å². The summed E-state index contributed by atoms with van der Waals surface area (Å²) in [6, 6.07) is 16.8. The molecule has 1 aliphatic rings. The topological polar surface area (TPSA) is 30.5 Å². The van der Waals surface area contributed by atoms with E-state index in [2.05, 4.69) is 29.6 Å². The maximum atomic E-state index is 5.93. The Balaban J connectivity index is 1.84. The molecule has 3 rings (SSSR count). The number of hydrogen-bond donors (Lipinski definition) is 1. The lowest BCUT2D eigenvalue weighted by Gasteiger charge is -2.32. The van der Waals surface area contributed by atoms with E-state index in [1.54, 1.807) is 7.11 Å². The number of fused-ring (bicyclic) bond motifs is 1. The third-order valence-corrected chi connectivity index (χ3v) is 4.14. The SMILES string of the molecule is CNC(c1cccc(OC)c1)C1COc2ccccc2C1. The third kappa shape index (κ3) is 2.88. The van der Waals surface area contributed by atoms with Gasteiger partial charge in [-0.15, -0.1) is 0 Å². The Morgan fingerprint density at radius 1 is 1.19 bits per heavy atom. The number of benzene rings is 2. The Kier molecular flexibility index (Phi) is 4.11. The van der Waals surface area contributed by atoms with Crippen molar-refractivity contribution in [2.45, 2.75) is 12.5 Å². The average Bonchev–Trinajstić information content (AvgIpc) is 2.56. The van der Waals surface area contributed by atoms with E-state index in [1.165, 1.54) is 11.1 Å². The lowest BCUT2D eigenvalue weighted by atomic mass is 9.86. The number of hydrogen-bond acceptors (Lipinski definition) is 3. The van der Waals surface area contributed by atoms with Gasteiger partial charge in [-0.1, -0.05) is 30.3 Å². The molecule has 0 bridgehead atoms. The highest BCUT2D eigenvalue weighted by atomic mass is 16.5. The van der Waals surface area contributed by atoms with E-state index in [0.717, 1.165) is 24.5 Å². The summed E-state index contributed by atoms with van der Waals surface area (Å²) < 4.78 is 11.3. The molecule has 3 heteroatoms. The summed E-state index contributed by atoms with van der Waals surface area (Å²) in [5.74, 6) is 2.33. The van der Waals surface area contributed by atoms with Gasteiger partial charge in [0.25, 0.3) is 0 Å². The number of nitrogens with one attached hydrogen (secondary N) is 1. The molecule has 1 heterocycles. The van der Waals surface area contributed by atoms with Gasteiger partial charge in [0.1, 0.15) is 11.5 Å². The quantitative estimate of drug-likeness (QED) is 0.934. The first-order chi connectivity index (χ1) is 10.3. The molecule has 2 aromatic rings. The van der Waals surface area contributed by atoms with Gasteiger partial charge in [0.2, 0.25) is 0 Å². The van der Waals surface area contributed by atoms with E-state index in [0.29, 0.717) is 5.92 Å². The monoisotopic (exact) mass is 283 g/mol. The number of rotatable bonds is 4. The Morgan fingerprint density at radius 2 is 2.05 bits per heavy atom. The second-order valence-electron chi connectivity index (χ2n) is 5.43. The number of methoxy groups -OCH3 is 1. The van der Waals surface area contributed by atoms with Crippen molar-refractivity contribution in [3.63, 3.8) is 0 Å². The minimum atomic E-state index is 0.258. The molecule has 0 saturated heterocycles. The van der Waals surface area contributed by atoms with E-state index in [-0.39, 0.29) is 6.04 Å². The van der Waals surface area contributed by atoms with Crippen molar-refractivity contribution in [1.29, 1.82) is 0 Å². The smallest absolute Gasteiger partial charge is 0.122 e. The van der Waals surface area contributed by atoms with Crippen LogP contribution in [0.15, 0.2) is 48.5 Å². The molecule has 1 N–H and O–H groups in total. The second-order valence-corrected chi connectivity index (χ2v) is 5.43. The summed E-state index contributed by atoms with van der Waals surface area (Å²) in [6.45, 7) is 0.736. The van der Waals surface area contributed by atoms with E-state index in [4.69, 9.17) is 9.47 Å². The molecule has 0 aromatic heterocycles. The lowest BCUT2D eigenvalue weighted by molar-refractivity contribution is 0.188. The zero-order valence-corrected chi connectivity index (χ0v) is 12.5. The van der Waals surface area contributed by atoms with Crippen LogP contribution in [0.3, 0.4) is 0 Å². The lowest BCUT2D eigenvalue weighted by Crippen LogP contribution is -2.33. The maximum Gasteiger partial charge on any atom is 0.122 e. The predicted octanol–water partition coefficient (Wildman–Crippen LogP) is 3.21. The van der Waals surface area contributed by atoms with Gasteiger partial charge in [0, 0.05) is 12.0 Å². The fourth-order valence-corrected chi connectivity index (χ4v) is 3.08. The van der Waals surface area contributed by atoms with Crippen molar-refractivity contribution in [3.8, 4) is 11.5 Å². The van der Waals surface area contributed by atoms with Crippen LogP contribution >= 0.6 is 0 Å². The molecular formula is C18H21NO2. The van der Waals surface area contributed by atoms with Crippen LogP contribution in [0.4, 0.5) is 0 Å². The van der Waals surface area contributed by atoms with Crippen LogP contribution in [0.25, 0.3) is 0 Å². The first-order valence-electron chi connectivity index (χ1n) is 7.33. The average molecular weight is 283 g/mol. The fraction of sp³-hybridized carbons (Fsp3) is 0.333. The van der Waals surface area contributed by atoms with Crippen molar-refractivity contribution in [1.82, 2.24) is 5.32 Å². The molecule has 1 aliphatic heterocycles. The van der Waals surface area contributed by atoms with Crippen molar-refractivity contribution in [3.05, 3.63) is 59.7 Å². The molecule has 0 amide bonds. The summed E-state index contributed by atoms with van der Waals surface area (Å²) >= 11 is 0. The first kappa shape index (κ1) is 14.0. The van der Waals surface area contributed by atoms with Crippen LogP contribution in [-0.4, -0.2) is 20.8 Å². The second kappa shape index (κ2) is 6.19. The largest absolute Gasteiger partial charge is 0.497 e. The zero-order valence-electron chi connectivity index (χ0n) is 12.5. The van der Waals surface area contributed by atoms with Crippen LogP contribution in [0, 0.1) is 5.92 Å². The van der Waals surface area contributed by atoms with Crippen molar-refractivity contribution >= 4 is 0 Å². The molecule has 3 nitrogen and oxygen atoms in total. The van der Waals surface area contributed by atoms with Crippen LogP contribution in [-0.2, 0) is 6.42 Å². The highest BCUT2D eigenvalue weighted by Crippen LogP contribution is 2.34. The molecular weight excluding hydrogens is 262 g/mol. The minimum absolute atomic E-state index is 0.258. The summed E-state index contributed by atoms with van der Waals surface area (Å²) in [4.78, 5) is 0. The Labute approximate surface area is 125 Å². The Bertz CT molecular complexity index is 612. The molecule has 2 unspecified atom stereocenters. The summed E-state index contributed by atoms with van der Waals surface area (Å²) in [5.41, 5.74) is 2.53. The molecule has 0 saturated carbocycles. The van der Waals surface area contributed by atoms with E-state index >= 15 is 0 Å². The van der Waals surface area contributed by atoms with E-state index < -0.39 is 0 Å². The normalized spacial score (nSPS) is 18.5. The van der Waals surface area contributed by atoms with Crippen molar-refractivity contribution < 1.29 is 9.47 Å². The molecule has 2 atom stereocenters. The minimum Gasteiger partial charge on any atom is -0.497 e. The van der Waals surface area contributed by atoms with Crippen LogP contribution in [0.1, 0.15) is 17.2 Å². The summed E-state index contributed by atoms with van der Waals surface area (Å²) in [5, 5.41) is 3.43. The standard InChI is InChI=1S/C18H21NO2/c1-19-18(14-7-5-8-16(11-14)20-2)15-10-13-6-3-4-9-17(13)21-12-15/h3-9,11,15,18-19H,10,12H2,1-2H3. The van der Waals surface area contributed by atoms with Gasteiger partial charge in [-0.2, -0.15) is 0 Å². The van der Waals surface area contributed by atoms with Gasteiger partial charge >= 0.3 is 0 Å². The predicted molar refractivity (Wildman–Crippen MR) is 83.9 cm³/mol. The number of para-hydroxylation sites is 1. The fourth-order valence-electron chi connectivity index (χ4n) is 3.08. The van der Waals surface area contributed by atoms with Gasteiger partial charge in [-0.05, 0) is 42.8 Å². The Morgan fingerprint density at radius 3 is 2.86 bits per heavy atom. The molecule has 2 aromatic carbocycles. The first-order valence-corrected chi connectivity index (χ1v) is 7.33. The van der Waals surface area contributed by atoms with Gasteiger partial charge in [0.15, 0.2) is 0 Å². The summed E-state index contributed by atoms with van der Waals surface area (Å²) in [6.07, 6.45) is 1.03. The van der Waals surface area contributed by atoms with Crippen molar-refractivity contribution in [2.24, 2.45) is 5.92 Å². The van der Waals surface area contributed by atoms with E-state index in [9.17, 15) is 0 Å². The summed E-state index contributed by atoms with van der Waals surface area (Å²) in [7, 11) is 3.71. The van der Waals surface area contributed by atoms with E-state index in [1.807, 2.05) is 31.3 Å². The van der Waals surface area contributed by atoms with Gasteiger partial charge in [-0.3, -0.25) is 0 Å². The molecule has 0 fully saturated rings. The third-order valence-electron chi connectivity index (χ3n) is 4.14. The van der Waals surface area contributed by atoms with Gasteiger partial charge in [-0.25, -0.2) is 0 Å².